The van der Waals surface area contributed by atoms with Gasteiger partial charge in [-0.05, 0) is 116 Å². The van der Waals surface area contributed by atoms with E-state index >= 15 is 0 Å². The Bertz CT molecular complexity index is 463. The summed E-state index contributed by atoms with van der Waals surface area (Å²) in [5.41, 5.74) is 0. The zero-order valence-corrected chi connectivity index (χ0v) is 23.1. The maximum atomic E-state index is 2.34. The van der Waals surface area contributed by atoms with Crippen LogP contribution >= 0.6 is 0 Å². The third-order valence-electron chi connectivity index (χ3n) is 6.00. The highest BCUT2D eigenvalue weighted by Gasteiger charge is 1.84. The highest BCUT2D eigenvalue weighted by molar-refractivity contribution is 4.96. The molecule has 0 aromatic carbocycles. The zero-order chi connectivity index (χ0) is 25.5. The van der Waals surface area contributed by atoms with E-state index in [-0.39, 0.29) is 0 Å². The summed E-state index contributed by atoms with van der Waals surface area (Å²) in [6.45, 7) is 0. The van der Waals surface area contributed by atoms with Crippen LogP contribution in [0.4, 0.5) is 0 Å². The van der Waals surface area contributed by atoms with Gasteiger partial charge in [0, 0.05) is 0 Å². The van der Waals surface area contributed by atoms with Crippen molar-refractivity contribution < 1.29 is 0 Å². The number of hydrogen-bond acceptors (Lipinski definition) is 0. The summed E-state index contributed by atoms with van der Waals surface area (Å²) < 4.78 is 0. The summed E-state index contributed by atoms with van der Waals surface area (Å²) in [5.74, 6) is 0. The quantitative estimate of drug-likeness (QED) is 0.299. The molecule has 0 saturated heterocycles. The predicted molar refractivity (Wildman–Crippen MR) is 165 cm³/mol. The van der Waals surface area contributed by atoms with Crippen LogP contribution in [0.5, 0.6) is 0 Å². The summed E-state index contributed by atoms with van der Waals surface area (Å²) in [7, 11) is 0. The highest BCUT2D eigenvalue weighted by Crippen LogP contribution is 2.05. The molecule has 0 radical (unpaired) electrons. The van der Waals surface area contributed by atoms with Crippen LogP contribution in [0.2, 0.25) is 0 Å². The van der Waals surface area contributed by atoms with Gasteiger partial charge < -0.3 is 0 Å². The molecule has 0 aliphatic heterocycles. The van der Waals surface area contributed by atoms with E-state index in [4.69, 9.17) is 0 Å². The maximum absolute atomic E-state index is 2.34. The predicted octanol–water partition coefficient (Wildman–Crippen LogP) is 12.0. The van der Waals surface area contributed by atoms with Crippen LogP contribution in [0.25, 0.3) is 0 Å². The standard InChI is InChI=1S/C36H54/c1-2-4-6-8-10-12-14-16-18-20-22-24-26-28-30-32-34-36-35-33-31-29-27-25-23-21-19-17-15-13-11-9-7-5-3-1/h1-2,7-10,15-18,23-26,31-34H,3-6,11-14,19-22,27-30,35-36H2/b2-1+,9-7+,10-8+,17-15+,18-16+,25-23+,26-24+,33-31+,34-32?. The van der Waals surface area contributed by atoms with Gasteiger partial charge in [-0.2, -0.15) is 0 Å². The summed E-state index contributed by atoms with van der Waals surface area (Å²) in [4.78, 5) is 0. The first kappa shape index (κ1) is 31.7. The molecule has 198 valence electrons. The lowest BCUT2D eigenvalue weighted by Crippen LogP contribution is -1.71. The Balaban J connectivity index is 2.29. The van der Waals surface area contributed by atoms with Gasteiger partial charge in [-0.25, -0.2) is 0 Å². The average Bonchev–Trinajstić information content (AvgIpc) is 2.89. The fourth-order valence-corrected chi connectivity index (χ4v) is 3.85. The van der Waals surface area contributed by atoms with Gasteiger partial charge in [0.05, 0.1) is 0 Å². The Labute approximate surface area is 224 Å². The third kappa shape index (κ3) is 26.3. The lowest BCUT2D eigenvalue weighted by Gasteiger charge is -1.92. The van der Waals surface area contributed by atoms with Crippen molar-refractivity contribution in [1.29, 1.82) is 0 Å². The summed E-state index contributed by atoms with van der Waals surface area (Å²) in [6, 6.07) is 0. The molecule has 0 nitrogen and oxygen atoms in total. The van der Waals surface area contributed by atoms with E-state index in [9.17, 15) is 0 Å². The second-order valence-corrected chi connectivity index (χ2v) is 9.44. The van der Waals surface area contributed by atoms with Gasteiger partial charge in [0.15, 0.2) is 0 Å². The molecule has 0 atom stereocenters. The Hall–Kier alpha value is -2.34. The molecule has 1 rings (SSSR count). The minimum atomic E-state index is 1.16. The summed E-state index contributed by atoms with van der Waals surface area (Å²) in [5, 5.41) is 0. The Morgan fingerprint density at radius 1 is 0.111 bits per heavy atom. The van der Waals surface area contributed by atoms with Crippen LogP contribution in [0.1, 0.15) is 116 Å². The summed E-state index contributed by atoms with van der Waals surface area (Å²) >= 11 is 0. The fourth-order valence-electron chi connectivity index (χ4n) is 3.85. The molecule has 0 heteroatoms. The number of rotatable bonds is 0. The minimum Gasteiger partial charge on any atom is -0.0882 e. The van der Waals surface area contributed by atoms with Crippen LogP contribution in [0.3, 0.4) is 0 Å². The minimum absolute atomic E-state index is 1.16. The monoisotopic (exact) mass is 486 g/mol. The highest BCUT2D eigenvalue weighted by atomic mass is 13.9. The molecule has 0 amide bonds. The Morgan fingerprint density at radius 2 is 0.167 bits per heavy atom. The van der Waals surface area contributed by atoms with Crippen molar-refractivity contribution in [2.45, 2.75) is 116 Å². The summed E-state index contributed by atoms with van der Waals surface area (Å²) in [6.07, 6.45) is 63.0. The van der Waals surface area contributed by atoms with Crippen molar-refractivity contribution in [2.24, 2.45) is 0 Å². The van der Waals surface area contributed by atoms with E-state index in [1.165, 1.54) is 0 Å². The topological polar surface area (TPSA) is 0 Å². The van der Waals surface area contributed by atoms with Crippen LogP contribution in [-0.2, 0) is 0 Å². The molecule has 0 N–H and O–H groups in total. The van der Waals surface area contributed by atoms with Crippen molar-refractivity contribution in [3.63, 3.8) is 0 Å². The van der Waals surface area contributed by atoms with Crippen LogP contribution in [0, 0.1) is 0 Å². The molecule has 0 heterocycles. The SMILES string of the molecule is C1=CCC/C=C/CC/C=C/CC/C=C/CC/C=C/CC/C=C/CC/C=C/CC/C=C/CC/C=C/CC1. The zero-order valence-electron chi connectivity index (χ0n) is 23.1. The van der Waals surface area contributed by atoms with Crippen molar-refractivity contribution >= 4 is 0 Å². The second kappa shape index (κ2) is 28.9. The first-order valence-corrected chi connectivity index (χ1v) is 14.8. The lowest BCUT2D eigenvalue weighted by molar-refractivity contribution is 0.962. The average molecular weight is 487 g/mol. The van der Waals surface area contributed by atoms with E-state index in [1.807, 2.05) is 0 Å². The van der Waals surface area contributed by atoms with Crippen molar-refractivity contribution in [3.8, 4) is 0 Å². The van der Waals surface area contributed by atoms with Crippen molar-refractivity contribution in [3.05, 3.63) is 109 Å². The second-order valence-electron chi connectivity index (χ2n) is 9.44. The van der Waals surface area contributed by atoms with Crippen LogP contribution in [-0.4, -0.2) is 0 Å². The third-order valence-corrected chi connectivity index (χ3v) is 6.00. The number of hydrogen-bond donors (Lipinski definition) is 0. The van der Waals surface area contributed by atoms with Crippen molar-refractivity contribution in [1.82, 2.24) is 0 Å². The molecule has 0 aromatic rings. The Kier molecular flexibility index (Phi) is 25.4. The van der Waals surface area contributed by atoms with E-state index in [2.05, 4.69) is 109 Å². The smallest absolute Gasteiger partial charge is 0.0316 e. The maximum Gasteiger partial charge on any atom is -0.0316 e. The van der Waals surface area contributed by atoms with Gasteiger partial charge in [-0.15, -0.1) is 0 Å². The van der Waals surface area contributed by atoms with Gasteiger partial charge in [0.25, 0.3) is 0 Å². The molecule has 0 bridgehead atoms. The molecule has 0 saturated carbocycles. The van der Waals surface area contributed by atoms with E-state index < -0.39 is 0 Å². The van der Waals surface area contributed by atoms with Gasteiger partial charge in [-0.1, -0.05) is 109 Å². The number of allylic oxidation sites excluding steroid dienone is 18. The van der Waals surface area contributed by atoms with Crippen LogP contribution in [0.15, 0.2) is 109 Å². The lowest BCUT2D eigenvalue weighted by atomic mass is 10.1. The van der Waals surface area contributed by atoms with Gasteiger partial charge >= 0.3 is 0 Å². The molecular weight excluding hydrogens is 432 g/mol. The molecule has 0 aromatic heterocycles. The molecule has 0 unspecified atom stereocenters. The van der Waals surface area contributed by atoms with E-state index in [1.54, 1.807) is 0 Å². The van der Waals surface area contributed by atoms with Crippen LogP contribution < -0.4 is 0 Å². The van der Waals surface area contributed by atoms with E-state index in [0.717, 1.165) is 116 Å². The molecular formula is C36H54. The van der Waals surface area contributed by atoms with Gasteiger partial charge in [0.1, 0.15) is 0 Å². The Morgan fingerprint density at radius 3 is 0.222 bits per heavy atom. The molecule has 0 spiro atoms. The van der Waals surface area contributed by atoms with Crippen molar-refractivity contribution in [2.75, 3.05) is 0 Å². The largest absolute Gasteiger partial charge is 0.0882 e. The van der Waals surface area contributed by atoms with Gasteiger partial charge in [-0.3, -0.25) is 0 Å². The molecule has 0 fully saturated rings. The fraction of sp³-hybridized carbons (Fsp3) is 0.500. The van der Waals surface area contributed by atoms with Gasteiger partial charge in [0.2, 0.25) is 0 Å². The molecule has 1 aliphatic rings. The first-order chi connectivity index (χ1) is 18.0. The molecule has 36 heavy (non-hydrogen) atoms. The normalized spacial score (nSPS) is 27.1. The van der Waals surface area contributed by atoms with E-state index in [0.29, 0.717) is 0 Å². The molecule has 1 aliphatic carbocycles. The first-order valence-electron chi connectivity index (χ1n) is 14.8.